The number of hydrogen-bond donors (Lipinski definition) is 1. The zero-order valence-corrected chi connectivity index (χ0v) is 8.77. The molecule has 1 N–H and O–H groups in total. The second-order valence-corrected chi connectivity index (χ2v) is 3.71. The molecule has 0 radical (unpaired) electrons. The van der Waals surface area contributed by atoms with Crippen molar-refractivity contribution in [1.82, 2.24) is 9.55 Å². The lowest BCUT2D eigenvalue weighted by Gasteiger charge is -2.10. The van der Waals surface area contributed by atoms with E-state index in [0.29, 0.717) is 12.4 Å². The van der Waals surface area contributed by atoms with Crippen LogP contribution in [0.4, 0.5) is 5.82 Å². The molecule has 2 rings (SSSR count). The number of aryl methyl sites for hydroxylation is 1. The van der Waals surface area contributed by atoms with E-state index in [1.165, 1.54) is 4.57 Å². The molecular weight excluding hydrogens is 194 g/mol. The van der Waals surface area contributed by atoms with Crippen molar-refractivity contribution in [2.45, 2.75) is 18.9 Å². The van der Waals surface area contributed by atoms with Crippen LogP contribution < -0.4 is 10.9 Å². The molecule has 2 heterocycles. The molecule has 1 aromatic heterocycles. The summed E-state index contributed by atoms with van der Waals surface area (Å²) in [4.78, 5) is 15.6. The van der Waals surface area contributed by atoms with E-state index in [9.17, 15) is 4.79 Å². The zero-order chi connectivity index (χ0) is 10.7. The summed E-state index contributed by atoms with van der Waals surface area (Å²) in [5.41, 5.74) is -0.101. The second-order valence-electron chi connectivity index (χ2n) is 3.71. The molecule has 1 atom stereocenters. The van der Waals surface area contributed by atoms with E-state index in [1.54, 1.807) is 19.4 Å². The quantitative estimate of drug-likeness (QED) is 0.781. The third-order valence-electron chi connectivity index (χ3n) is 2.54. The van der Waals surface area contributed by atoms with Crippen molar-refractivity contribution in [3.63, 3.8) is 0 Å². The number of nitrogens with zero attached hydrogens (tertiary/aromatic N) is 2. The van der Waals surface area contributed by atoms with Gasteiger partial charge in [0.15, 0.2) is 5.82 Å². The number of rotatable bonds is 3. The van der Waals surface area contributed by atoms with Crippen molar-refractivity contribution in [3.05, 3.63) is 22.7 Å². The van der Waals surface area contributed by atoms with Gasteiger partial charge in [-0.25, -0.2) is 4.98 Å². The monoisotopic (exact) mass is 209 g/mol. The summed E-state index contributed by atoms with van der Waals surface area (Å²) in [6.45, 7) is 1.48. The third kappa shape index (κ3) is 2.36. The lowest BCUT2D eigenvalue weighted by molar-refractivity contribution is 0.120. The van der Waals surface area contributed by atoms with Crippen molar-refractivity contribution in [2.75, 3.05) is 18.5 Å². The Morgan fingerprint density at radius 3 is 3.33 bits per heavy atom. The van der Waals surface area contributed by atoms with E-state index in [0.717, 1.165) is 19.4 Å². The Morgan fingerprint density at radius 2 is 2.60 bits per heavy atom. The molecule has 0 spiro atoms. The van der Waals surface area contributed by atoms with Crippen molar-refractivity contribution >= 4 is 5.82 Å². The fourth-order valence-corrected chi connectivity index (χ4v) is 1.63. The Labute approximate surface area is 88.1 Å². The largest absolute Gasteiger partial charge is 0.376 e. The molecule has 1 fully saturated rings. The molecular formula is C10H15N3O2. The highest BCUT2D eigenvalue weighted by Crippen LogP contribution is 2.11. The van der Waals surface area contributed by atoms with Gasteiger partial charge in [0, 0.05) is 32.6 Å². The molecule has 0 aromatic carbocycles. The van der Waals surface area contributed by atoms with Gasteiger partial charge in [-0.1, -0.05) is 0 Å². The van der Waals surface area contributed by atoms with Crippen LogP contribution in [-0.2, 0) is 11.8 Å². The minimum atomic E-state index is -0.101. The highest BCUT2D eigenvalue weighted by Gasteiger charge is 2.15. The smallest absolute Gasteiger partial charge is 0.293 e. The average Bonchev–Trinajstić information content (AvgIpc) is 2.73. The Morgan fingerprint density at radius 1 is 1.73 bits per heavy atom. The molecule has 15 heavy (non-hydrogen) atoms. The fourth-order valence-electron chi connectivity index (χ4n) is 1.63. The van der Waals surface area contributed by atoms with E-state index in [2.05, 4.69) is 10.3 Å². The number of anilines is 1. The van der Waals surface area contributed by atoms with Crippen LogP contribution >= 0.6 is 0 Å². The highest BCUT2D eigenvalue weighted by molar-refractivity contribution is 5.30. The first-order chi connectivity index (χ1) is 7.27. The molecule has 82 valence electrons. The highest BCUT2D eigenvalue weighted by atomic mass is 16.5. The predicted octanol–water partition coefficient (Wildman–Crippen LogP) is 0.371. The van der Waals surface area contributed by atoms with Gasteiger partial charge in [0.25, 0.3) is 5.56 Å². The van der Waals surface area contributed by atoms with Crippen LogP contribution in [0.1, 0.15) is 12.8 Å². The van der Waals surface area contributed by atoms with Crippen LogP contribution in [0, 0.1) is 0 Å². The summed E-state index contributed by atoms with van der Waals surface area (Å²) in [6, 6.07) is 0. The molecule has 0 aliphatic carbocycles. The van der Waals surface area contributed by atoms with Gasteiger partial charge in [0.05, 0.1) is 6.10 Å². The number of aromatic nitrogens is 2. The Balaban J connectivity index is 1.98. The fraction of sp³-hybridized carbons (Fsp3) is 0.600. The lowest BCUT2D eigenvalue weighted by atomic mass is 10.2. The first kappa shape index (κ1) is 10.2. The van der Waals surface area contributed by atoms with Crippen molar-refractivity contribution in [3.8, 4) is 0 Å². The number of hydrogen-bond acceptors (Lipinski definition) is 4. The molecule has 0 amide bonds. The maximum Gasteiger partial charge on any atom is 0.293 e. The van der Waals surface area contributed by atoms with Gasteiger partial charge in [-0.2, -0.15) is 0 Å². The van der Waals surface area contributed by atoms with Gasteiger partial charge in [0.2, 0.25) is 0 Å². The van der Waals surface area contributed by atoms with E-state index < -0.39 is 0 Å². The molecule has 0 bridgehead atoms. The van der Waals surface area contributed by atoms with E-state index in [-0.39, 0.29) is 11.7 Å². The van der Waals surface area contributed by atoms with Gasteiger partial charge < -0.3 is 14.6 Å². The van der Waals surface area contributed by atoms with Crippen LogP contribution in [0.25, 0.3) is 0 Å². The third-order valence-corrected chi connectivity index (χ3v) is 2.54. The van der Waals surface area contributed by atoms with Crippen molar-refractivity contribution < 1.29 is 4.74 Å². The first-order valence-corrected chi connectivity index (χ1v) is 5.14. The molecule has 1 aromatic rings. The summed E-state index contributed by atoms with van der Waals surface area (Å²) in [6.07, 6.45) is 5.63. The minimum Gasteiger partial charge on any atom is -0.376 e. The summed E-state index contributed by atoms with van der Waals surface area (Å²) < 4.78 is 6.95. The minimum absolute atomic E-state index is 0.101. The summed E-state index contributed by atoms with van der Waals surface area (Å²) in [5, 5.41) is 3.03. The Hall–Kier alpha value is -1.36. The van der Waals surface area contributed by atoms with Crippen LogP contribution in [-0.4, -0.2) is 28.8 Å². The molecule has 5 heteroatoms. The van der Waals surface area contributed by atoms with E-state index in [1.807, 2.05) is 0 Å². The lowest BCUT2D eigenvalue weighted by Crippen LogP contribution is -2.26. The molecule has 1 unspecified atom stereocenters. The molecule has 1 aliphatic rings. The van der Waals surface area contributed by atoms with Gasteiger partial charge in [0.1, 0.15) is 0 Å². The van der Waals surface area contributed by atoms with Gasteiger partial charge >= 0.3 is 0 Å². The number of nitrogens with one attached hydrogen (secondary N) is 1. The van der Waals surface area contributed by atoms with Crippen LogP contribution in [0.3, 0.4) is 0 Å². The normalized spacial score (nSPS) is 20.5. The summed E-state index contributed by atoms with van der Waals surface area (Å²) in [7, 11) is 1.71. The second kappa shape index (κ2) is 4.44. The van der Waals surface area contributed by atoms with Gasteiger partial charge in [-0.15, -0.1) is 0 Å². The van der Waals surface area contributed by atoms with Gasteiger partial charge in [-0.3, -0.25) is 4.79 Å². The molecule has 1 saturated heterocycles. The van der Waals surface area contributed by atoms with Crippen molar-refractivity contribution in [2.24, 2.45) is 7.05 Å². The Kier molecular flexibility index (Phi) is 3.01. The Bertz CT molecular complexity index is 382. The summed E-state index contributed by atoms with van der Waals surface area (Å²) >= 11 is 0. The maximum atomic E-state index is 11.6. The topological polar surface area (TPSA) is 56.1 Å². The molecule has 0 saturated carbocycles. The van der Waals surface area contributed by atoms with Crippen LogP contribution in [0.5, 0.6) is 0 Å². The van der Waals surface area contributed by atoms with Gasteiger partial charge in [-0.05, 0) is 12.8 Å². The van der Waals surface area contributed by atoms with E-state index in [4.69, 9.17) is 4.74 Å². The average molecular weight is 209 g/mol. The first-order valence-electron chi connectivity index (χ1n) is 5.14. The molecule has 5 nitrogen and oxygen atoms in total. The summed E-state index contributed by atoms with van der Waals surface area (Å²) in [5.74, 6) is 0.399. The van der Waals surface area contributed by atoms with E-state index >= 15 is 0 Å². The van der Waals surface area contributed by atoms with Crippen molar-refractivity contribution in [1.29, 1.82) is 0 Å². The molecule has 1 aliphatic heterocycles. The SMILES string of the molecule is Cn1ccnc(NCC2CCCO2)c1=O. The standard InChI is InChI=1S/C10H15N3O2/c1-13-5-4-11-9(10(13)14)12-7-8-3-2-6-15-8/h4-5,8H,2-3,6-7H2,1H3,(H,11,12). The zero-order valence-electron chi connectivity index (χ0n) is 8.77. The van der Waals surface area contributed by atoms with Crippen LogP contribution in [0.15, 0.2) is 17.2 Å². The van der Waals surface area contributed by atoms with Crippen LogP contribution in [0.2, 0.25) is 0 Å². The maximum absolute atomic E-state index is 11.6. The number of ether oxygens (including phenoxy) is 1. The predicted molar refractivity (Wildman–Crippen MR) is 56.9 cm³/mol.